The zero-order valence-corrected chi connectivity index (χ0v) is 16.0. The largest absolute Gasteiger partial charge is 0.485 e. The molecule has 28 heavy (non-hydrogen) atoms. The van der Waals surface area contributed by atoms with Gasteiger partial charge >= 0.3 is 0 Å². The number of hydrazine groups is 1. The molecule has 2 amide bonds. The zero-order chi connectivity index (χ0) is 19.5. The Hall–Kier alpha value is -3.33. The lowest BCUT2D eigenvalue weighted by molar-refractivity contribution is -0.131. The van der Waals surface area contributed by atoms with Crippen LogP contribution in [0, 0.1) is 0 Å². The van der Waals surface area contributed by atoms with Crippen LogP contribution < -0.4 is 20.3 Å². The molecule has 3 aromatic rings. The summed E-state index contributed by atoms with van der Waals surface area (Å²) in [4.78, 5) is 24.5. The van der Waals surface area contributed by atoms with E-state index < -0.39 is 17.9 Å². The first kappa shape index (κ1) is 18.1. The summed E-state index contributed by atoms with van der Waals surface area (Å²) in [6, 6.07) is 16.2. The van der Waals surface area contributed by atoms with Gasteiger partial charge in [-0.05, 0) is 30.3 Å². The Morgan fingerprint density at radius 3 is 2.61 bits per heavy atom. The second-order valence-electron chi connectivity index (χ2n) is 5.98. The van der Waals surface area contributed by atoms with Gasteiger partial charge in [0, 0.05) is 10.0 Å². The Bertz CT molecular complexity index is 1020. The first-order valence-electron chi connectivity index (χ1n) is 8.40. The van der Waals surface area contributed by atoms with Gasteiger partial charge in [-0.15, -0.1) is 0 Å². The van der Waals surface area contributed by atoms with Gasteiger partial charge in [-0.25, -0.2) is 0 Å². The lowest BCUT2D eigenvalue weighted by atomic mass is 10.1. The number of carbonyl (C=O) groups is 2. The second-order valence-corrected chi connectivity index (χ2v) is 6.90. The third kappa shape index (κ3) is 3.84. The van der Waals surface area contributed by atoms with Crippen molar-refractivity contribution in [2.45, 2.75) is 6.10 Å². The lowest BCUT2D eigenvalue weighted by Crippen LogP contribution is -2.50. The van der Waals surface area contributed by atoms with Gasteiger partial charge in [0.2, 0.25) is 6.10 Å². The summed E-state index contributed by atoms with van der Waals surface area (Å²) >= 11 is 3.37. The standard InChI is InChI=1S/C19H15BrN4O4/c20-12-7-5-11(6-8-12)13-9-14(22-21-13)18(25)23-24-19(26)17-10-27-15-3-1-2-4-16(15)28-17/h1-9,17H,10H2,(H,21,22)(H,23,25)(H,24,26). The molecule has 0 spiro atoms. The van der Waals surface area contributed by atoms with E-state index in [1.807, 2.05) is 30.3 Å². The van der Waals surface area contributed by atoms with Crippen molar-refractivity contribution in [2.75, 3.05) is 6.61 Å². The first-order chi connectivity index (χ1) is 13.6. The molecule has 0 saturated heterocycles. The minimum absolute atomic E-state index is 0.0521. The van der Waals surface area contributed by atoms with Crippen LogP contribution in [0.25, 0.3) is 11.3 Å². The molecule has 1 atom stereocenters. The summed E-state index contributed by atoms with van der Waals surface area (Å²) in [7, 11) is 0. The van der Waals surface area contributed by atoms with Gasteiger partial charge in [-0.2, -0.15) is 5.10 Å². The molecule has 1 aromatic heterocycles. The molecule has 2 heterocycles. The second kappa shape index (κ2) is 7.73. The maximum atomic E-state index is 12.3. The maximum absolute atomic E-state index is 12.3. The van der Waals surface area contributed by atoms with Crippen LogP contribution in [-0.4, -0.2) is 34.7 Å². The van der Waals surface area contributed by atoms with Crippen LogP contribution in [0.2, 0.25) is 0 Å². The lowest BCUT2D eigenvalue weighted by Gasteiger charge is -2.25. The van der Waals surface area contributed by atoms with Crippen LogP contribution in [-0.2, 0) is 4.79 Å². The van der Waals surface area contributed by atoms with E-state index in [-0.39, 0.29) is 12.3 Å². The number of aromatic nitrogens is 2. The molecule has 0 bridgehead atoms. The zero-order valence-electron chi connectivity index (χ0n) is 14.4. The molecule has 4 rings (SSSR count). The normalized spacial score (nSPS) is 15.0. The molecule has 2 aromatic carbocycles. The number of H-pyrrole nitrogens is 1. The molecule has 8 nitrogen and oxygen atoms in total. The highest BCUT2D eigenvalue weighted by Crippen LogP contribution is 2.30. The predicted octanol–water partition coefficient (Wildman–Crippen LogP) is 2.44. The van der Waals surface area contributed by atoms with E-state index in [4.69, 9.17) is 9.47 Å². The average Bonchev–Trinajstić information content (AvgIpc) is 3.22. The number of fused-ring (bicyclic) bond motifs is 1. The molecule has 0 fully saturated rings. The number of hydrogen-bond donors (Lipinski definition) is 3. The number of rotatable bonds is 3. The number of hydrogen-bond acceptors (Lipinski definition) is 5. The van der Waals surface area contributed by atoms with E-state index >= 15 is 0 Å². The maximum Gasteiger partial charge on any atom is 0.287 e. The van der Waals surface area contributed by atoms with Crippen molar-refractivity contribution in [3.8, 4) is 22.8 Å². The van der Waals surface area contributed by atoms with Crippen LogP contribution in [0.5, 0.6) is 11.5 Å². The van der Waals surface area contributed by atoms with Crippen LogP contribution >= 0.6 is 15.9 Å². The highest BCUT2D eigenvalue weighted by molar-refractivity contribution is 9.10. The van der Waals surface area contributed by atoms with Gasteiger partial charge in [0.25, 0.3) is 11.8 Å². The summed E-state index contributed by atoms with van der Waals surface area (Å²) in [5, 5.41) is 6.77. The quantitative estimate of drug-likeness (QED) is 0.540. The molecule has 142 valence electrons. The van der Waals surface area contributed by atoms with Crippen molar-refractivity contribution in [1.82, 2.24) is 21.0 Å². The number of aromatic amines is 1. The minimum Gasteiger partial charge on any atom is -0.485 e. The van der Waals surface area contributed by atoms with Crippen LogP contribution in [0.15, 0.2) is 59.1 Å². The summed E-state index contributed by atoms with van der Waals surface area (Å²) in [6.45, 7) is 0.0521. The van der Waals surface area contributed by atoms with Crippen molar-refractivity contribution >= 4 is 27.7 Å². The highest BCUT2D eigenvalue weighted by atomic mass is 79.9. The molecule has 0 radical (unpaired) electrons. The van der Waals surface area contributed by atoms with Crippen LogP contribution in [0.1, 0.15) is 10.5 Å². The molecule has 3 N–H and O–H groups in total. The highest BCUT2D eigenvalue weighted by Gasteiger charge is 2.27. The Kier molecular flexibility index (Phi) is 4.98. The van der Waals surface area contributed by atoms with Crippen molar-refractivity contribution in [3.05, 3.63) is 64.8 Å². The summed E-state index contributed by atoms with van der Waals surface area (Å²) < 4.78 is 12.0. The molecule has 1 aliphatic rings. The first-order valence-corrected chi connectivity index (χ1v) is 9.19. The predicted molar refractivity (Wildman–Crippen MR) is 104 cm³/mol. The Morgan fingerprint density at radius 2 is 1.82 bits per heavy atom. The minimum atomic E-state index is -0.865. The smallest absolute Gasteiger partial charge is 0.287 e. The third-order valence-corrected chi connectivity index (χ3v) is 4.59. The van der Waals surface area contributed by atoms with Gasteiger partial charge in [-0.1, -0.05) is 40.2 Å². The number of para-hydroxylation sites is 2. The number of ether oxygens (including phenoxy) is 2. The number of halogens is 1. The van der Waals surface area contributed by atoms with E-state index in [0.717, 1.165) is 10.0 Å². The fourth-order valence-corrected chi connectivity index (χ4v) is 2.89. The van der Waals surface area contributed by atoms with Gasteiger partial charge in [-0.3, -0.25) is 25.5 Å². The number of benzene rings is 2. The summed E-state index contributed by atoms with van der Waals surface area (Å²) in [6.07, 6.45) is -0.865. The molecule has 1 aliphatic heterocycles. The topological polar surface area (TPSA) is 105 Å². The van der Waals surface area contributed by atoms with E-state index in [0.29, 0.717) is 17.2 Å². The molecule has 0 aliphatic carbocycles. The SMILES string of the molecule is O=C(NNC(=O)C1COc2ccccc2O1)c1cc(-c2ccc(Br)cc2)n[nH]1. The van der Waals surface area contributed by atoms with Crippen LogP contribution in [0.3, 0.4) is 0 Å². The molecule has 0 saturated carbocycles. The number of carbonyl (C=O) groups excluding carboxylic acids is 2. The van der Waals surface area contributed by atoms with Crippen molar-refractivity contribution in [3.63, 3.8) is 0 Å². The molecular formula is C19H15BrN4O4. The van der Waals surface area contributed by atoms with Gasteiger partial charge in [0.05, 0.1) is 5.69 Å². The summed E-state index contributed by atoms with van der Waals surface area (Å²) in [5.41, 5.74) is 6.36. The number of nitrogens with one attached hydrogen (secondary N) is 3. The monoisotopic (exact) mass is 442 g/mol. The van der Waals surface area contributed by atoms with Crippen molar-refractivity contribution in [2.24, 2.45) is 0 Å². The number of amides is 2. The Labute approximate surface area is 168 Å². The van der Waals surface area contributed by atoms with E-state index in [1.54, 1.807) is 24.3 Å². The average molecular weight is 443 g/mol. The third-order valence-electron chi connectivity index (χ3n) is 4.06. The van der Waals surface area contributed by atoms with Gasteiger partial charge in [0.1, 0.15) is 12.3 Å². The fourth-order valence-electron chi connectivity index (χ4n) is 2.62. The Balaban J connectivity index is 1.34. The van der Waals surface area contributed by atoms with Gasteiger partial charge in [0.15, 0.2) is 11.5 Å². The molecular weight excluding hydrogens is 428 g/mol. The molecule has 1 unspecified atom stereocenters. The van der Waals surface area contributed by atoms with E-state index in [2.05, 4.69) is 37.0 Å². The molecule has 9 heteroatoms. The summed E-state index contributed by atoms with van der Waals surface area (Å²) in [5.74, 6) is 0.0123. The van der Waals surface area contributed by atoms with E-state index in [1.165, 1.54) is 0 Å². The Morgan fingerprint density at radius 1 is 1.07 bits per heavy atom. The van der Waals surface area contributed by atoms with Crippen molar-refractivity contribution < 1.29 is 19.1 Å². The van der Waals surface area contributed by atoms with Crippen LogP contribution in [0.4, 0.5) is 0 Å². The van der Waals surface area contributed by atoms with Gasteiger partial charge < -0.3 is 9.47 Å². The fraction of sp³-hybridized carbons (Fsp3) is 0.105. The van der Waals surface area contributed by atoms with Crippen molar-refractivity contribution in [1.29, 1.82) is 0 Å². The van der Waals surface area contributed by atoms with E-state index in [9.17, 15) is 9.59 Å². The number of nitrogens with zero attached hydrogens (tertiary/aromatic N) is 1.